The number of hydrogen-bond acceptors (Lipinski definition) is 2. The van der Waals surface area contributed by atoms with E-state index in [0.29, 0.717) is 18.8 Å². The van der Waals surface area contributed by atoms with Gasteiger partial charge in [-0.1, -0.05) is 49.8 Å². The Morgan fingerprint density at radius 1 is 1.32 bits per heavy atom. The van der Waals surface area contributed by atoms with Crippen molar-refractivity contribution in [3.05, 3.63) is 59.9 Å². The van der Waals surface area contributed by atoms with Gasteiger partial charge in [0.25, 0.3) is 0 Å². The van der Waals surface area contributed by atoms with Crippen molar-refractivity contribution in [2.45, 2.75) is 51.0 Å². The van der Waals surface area contributed by atoms with Gasteiger partial charge in [0.05, 0.1) is 6.10 Å². The van der Waals surface area contributed by atoms with Gasteiger partial charge in [-0.15, -0.1) is 0 Å². The first-order valence-corrected chi connectivity index (χ1v) is 8.54. The summed E-state index contributed by atoms with van der Waals surface area (Å²) in [5.41, 5.74) is 5.54. The molecule has 2 heteroatoms. The third-order valence-electron chi connectivity index (χ3n) is 5.10. The van der Waals surface area contributed by atoms with E-state index in [0.717, 1.165) is 6.42 Å². The zero-order chi connectivity index (χ0) is 15.4. The second kappa shape index (κ2) is 7.15. The molecule has 1 N–H and O–H groups in total. The standard InChI is InChI=1S/C20H27NO/c1-3-4-7-15(2)19-12-17-11-10-16(19)13-20(17)21-14-22-18-8-5-6-9-18/h3-4,7,13,18-19,21H,1-2,5-6,8-12,14H2/b7-4-. The van der Waals surface area contributed by atoms with Crippen LogP contribution in [0, 0.1) is 5.92 Å². The van der Waals surface area contributed by atoms with Gasteiger partial charge >= 0.3 is 0 Å². The molecule has 4 aliphatic rings. The van der Waals surface area contributed by atoms with Crippen LogP contribution in [-0.4, -0.2) is 12.8 Å². The summed E-state index contributed by atoms with van der Waals surface area (Å²) in [5.74, 6) is 0.487. The highest BCUT2D eigenvalue weighted by atomic mass is 16.5. The molecule has 0 aromatic heterocycles. The van der Waals surface area contributed by atoms with E-state index >= 15 is 0 Å². The molecule has 0 aromatic rings. The van der Waals surface area contributed by atoms with E-state index in [4.69, 9.17) is 4.74 Å². The number of hydrogen-bond donors (Lipinski definition) is 1. The molecule has 2 bridgehead atoms. The molecule has 2 fully saturated rings. The van der Waals surface area contributed by atoms with Gasteiger partial charge in [-0.25, -0.2) is 0 Å². The highest BCUT2D eigenvalue weighted by molar-refractivity contribution is 5.44. The maximum absolute atomic E-state index is 5.93. The zero-order valence-electron chi connectivity index (χ0n) is 13.4. The summed E-state index contributed by atoms with van der Waals surface area (Å²) >= 11 is 0. The third-order valence-corrected chi connectivity index (χ3v) is 5.10. The average molecular weight is 297 g/mol. The van der Waals surface area contributed by atoms with Crippen molar-refractivity contribution in [1.82, 2.24) is 5.32 Å². The molecule has 1 unspecified atom stereocenters. The highest BCUT2D eigenvalue weighted by Gasteiger charge is 2.29. The Bertz CT molecular complexity index is 532. The van der Waals surface area contributed by atoms with Gasteiger partial charge < -0.3 is 10.1 Å². The molecule has 118 valence electrons. The van der Waals surface area contributed by atoms with Crippen molar-refractivity contribution in [3.8, 4) is 0 Å². The second-order valence-electron chi connectivity index (χ2n) is 6.56. The molecule has 4 rings (SSSR count). The van der Waals surface area contributed by atoms with E-state index in [-0.39, 0.29) is 0 Å². The van der Waals surface area contributed by atoms with E-state index in [1.54, 1.807) is 0 Å². The summed E-state index contributed by atoms with van der Waals surface area (Å²) in [6.07, 6.45) is 17.3. The number of nitrogens with one attached hydrogen (secondary N) is 1. The molecule has 0 saturated heterocycles. The average Bonchev–Trinajstić information content (AvgIpc) is 3.06. The smallest absolute Gasteiger partial charge is 0.116 e. The molecule has 4 aliphatic carbocycles. The molecule has 22 heavy (non-hydrogen) atoms. The van der Waals surface area contributed by atoms with Crippen molar-refractivity contribution < 1.29 is 4.74 Å². The molecular weight excluding hydrogens is 270 g/mol. The second-order valence-corrected chi connectivity index (χ2v) is 6.56. The van der Waals surface area contributed by atoms with Crippen LogP contribution in [0.5, 0.6) is 0 Å². The molecule has 0 aliphatic heterocycles. The fourth-order valence-electron chi connectivity index (χ4n) is 3.80. The monoisotopic (exact) mass is 297 g/mol. The van der Waals surface area contributed by atoms with E-state index in [9.17, 15) is 0 Å². The van der Waals surface area contributed by atoms with Crippen LogP contribution in [0.3, 0.4) is 0 Å². The van der Waals surface area contributed by atoms with Crippen molar-refractivity contribution in [2.24, 2.45) is 5.92 Å². The molecule has 0 spiro atoms. The van der Waals surface area contributed by atoms with E-state index in [1.807, 2.05) is 12.2 Å². The minimum absolute atomic E-state index is 0.475. The van der Waals surface area contributed by atoms with Gasteiger partial charge in [0, 0.05) is 11.6 Å². The fourth-order valence-corrected chi connectivity index (χ4v) is 3.80. The van der Waals surface area contributed by atoms with Gasteiger partial charge in [0.1, 0.15) is 6.73 Å². The van der Waals surface area contributed by atoms with Gasteiger partial charge in [-0.2, -0.15) is 0 Å². The lowest BCUT2D eigenvalue weighted by molar-refractivity contribution is 0.0502. The van der Waals surface area contributed by atoms with Crippen LogP contribution < -0.4 is 5.32 Å². The van der Waals surface area contributed by atoms with Crippen molar-refractivity contribution >= 4 is 0 Å². The summed E-state index contributed by atoms with van der Waals surface area (Å²) in [6.45, 7) is 8.61. The van der Waals surface area contributed by atoms with E-state index < -0.39 is 0 Å². The Kier molecular flexibility index (Phi) is 4.99. The summed E-state index contributed by atoms with van der Waals surface area (Å²) in [4.78, 5) is 0. The molecule has 0 amide bonds. The summed E-state index contributed by atoms with van der Waals surface area (Å²) in [6, 6.07) is 0. The predicted octanol–water partition coefficient (Wildman–Crippen LogP) is 4.79. The molecule has 0 aromatic carbocycles. The molecule has 1 atom stereocenters. The van der Waals surface area contributed by atoms with Crippen LogP contribution >= 0.6 is 0 Å². The SMILES string of the molecule is C=C/C=C\C(=C)C1CC2=C(NCOC3CCCC3)C=C1CC2. The number of fused-ring (bicyclic) bond motifs is 3. The topological polar surface area (TPSA) is 21.3 Å². The zero-order valence-corrected chi connectivity index (χ0v) is 13.4. The van der Waals surface area contributed by atoms with Gasteiger partial charge in [-0.05, 0) is 49.3 Å². The minimum atomic E-state index is 0.475. The van der Waals surface area contributed by atoms with Crippen LogP contribution in [0.4, 0.5) is 0 Å². The molecule has 0 heterocycles. The Morgan fingerprint density at radius 3 is 2.82 bits per heavy atom. The Morgan fingerprint density at radius 2 is 2.14 bits per heavy atom. The number of ether oxygens (including phenoxy) is 1. The van der Waals surface area contributed by atoms with Crippen molar-refractivity contribution in [2.75, 3.05) is 6.73 Å². The number of allylic oxidation sites excluding steroid dienone is 7. The summed E-state index contributed by atoms with van der Waals surface area (Å²) < 4.78 is 5.93. The molecule has 2 nitrogen and oxygen atoms in total. The quantitative estimate of drug-likeness (QED) is 0.539. The third kappa shape index (κ3) is 3.44. The first-order chi connectivity index (χ1) is 10.8. The van der Waals surface area contributed by atoms with Crippen LogP contribution in [0.1, 0.15) is 44.9 Å². The van der Waals surface area contributed by atoms with Crippen LogP contribution in [-0.2, 0) is 4.74 Å². The summed E-state index contributed by atoms with van der Waals surface area (Å²) in [7, 11) is 0. The largest absolute Gasteiger partial charge is 0.363 e. The highest BCUT2D eigenvalue weighted by Crippen LogP contribution is 2.43. The van der Waals surface area contributed by atoms with Crippen LogP contribution in [0.2, 0.25) is 0 Å². The van der Waals surface area contributed by atoms with E-state index in [1.165, 1.54) is 60.9 Å². The lowest BCUT2D eigenvalue weighted by atomic mass is 9.73. The lowest BCUT2D eigenvalue weighted by Crippen LogP contribution is -2.27. The minimum Gasteiger partial charge on any atom is -0.363 e. The Labute approximate surface area is 134 Å². The molecular formula is C20H27NO. The fraction of sp³-hybridized carbons (Fsp3) is 0.500. The Hall–Kier alpha value is -1.54. The first kappa shape index (κ1) is 15.4. The number of rotatable bonds is 7. The molecule has 0 radical (unpaired) electrons. The van der Waals surface area contributed by atoms with Gasteiger partial charge in [0.15, 0.2) is 0 Å². The normalized spacial score (nSPS) is 24.9. The van der Waals surface area contributed by atoms with E-state index in [2.05, 4.69) is 30.6 Å². The van der Waals surface area contributed by atoms with Gasteiger partial charge in [0.2, 0.25) is 0 Å². The molecule has 2 saturated carbocycles. The Balaban J connectivity index is 1.55. The first-order valence-electron chi connectivity index (χ1n) is 8.54. The van der Waals surface area contributed by atoms with Crippen LogP contribution in [0.25, 0.3) is 0 Å². The van der Waals surface area contributed by atoms with Crippen molar-refractivity contribution in [1.29, 1.82) is 0 Å². The maximum atomic E-state index is 5.93. The van der Waals surface area contributed by atoms with Crippen molar-refractivity contribution in [3.63, 3.8) is 0 Å². The summed E-state index contributed by atoms with van der Waals surface area (Å²) in [5, 5.41) is 3.50. The predicted molar refractivity (Wildman–Crippen MR) is 92.3 cm³/mol. The lowest BCUT2D eigenvalue weighted by Gasteiger charge is -2.34. The maximum Gasteiger partial charge on any atom is 0.116 e. The van der Waals surface area contributed by atoms with Crippen LogP contribution in [0.15, 0.2) is 59.9 Å². The van der Waals surface area contributed by atoms with Gasteiger partial charge in [-0.3, -0.25) is 0 Å².